The van der Waals surface area contributed by atoms with Gasteiger partial charge in [0.2, 0.25) is 0 Å². The van der Waals surface area contributed by atoms with Crippen molar-refractivity contribution in [2.45, 2.75) is 30.5 Å². The van der Waals surface area contributed by atoms with E-state index in [4.69, 9.17) is 0 Å². The molecule has 98 valence electrons. The molecule has 0 spiro atoms. The Hall–Kier alpha value is -1.01. The summed E-state index contributed by atoms with van der Waals surface area (Å²) in [5.41, 5.74) is -2.21. The summed E-state index contributed by atoms with van der Waals surface area (Å²) < 4.78 is 38.5. The number of nitrogens with zero attached hydrogens (tertiary/aromatic N) is 1. The standard InChI is InChI=1S/C12H12F3NOS/c1-8-16-11(17,12(13,14)15)7-10(18-8)9-5-3-2-4-6-9/h2-6,10,17H,7H2,1H3/t10-,11+/m0/s1. The summed E-state index contributed by atoms with van der Waals surface area (Å²) in [6, 6.07) is 8.85. The Kier molecular flexibility index (Phi) is 3.42. The summed E-state index contributed by atoms with van der Waals surface area (Å²) in [6.07, 6.45) is -5.20. The largest absolute Gasteiger partial charge is 0.438 e. The van der Waals surface area contributed by atoms with Gasteiger partial charge >= 0.3 is 6.18 Å². The molecule has 0 amide bonds. The Labute approximate surface area is 107 Å². The van der Waals surface area contributed by atoms with E-state index in [1.165, 1.54) is 18.7 Å². The molecule has 0 unspecified atom stereocenters. The molecule has 0 saturated carbocycles. The van der Waals surface area contributed by atoms with Gasteiger partial charge in [0.25, 0.3) is 5.72 Å². The van der Waals surface area contributed by atoms with Gasteiger partial charge in [0.1, 0.15) is 0 Å². The Morgan fingerprint density at radius 2 is 1.94 bits per heavy atom. The molecule has 6 heteroatoms. The summed E-state index contributed by atoms with van der Waals surface area (Å²) >= 11 is 1.25. The third kappa shape index (κ3) is 2.54. The molecule has 1 heterocycles. The van der Waals surface area contributed by atoms with E-state index in [9.17, 15) is 18.3 Å². The van der Waals surface area contributed by atoms with Crippen molar-refractivity contribution in [1.29, 1.82) is 0 Å². The average Bonchev–Trinajstić information content (AvgIpc) is 2.27. The van der Waals surface area contributed by atoms with Crippen molar-refractivity contribution in [2.75, 3.05) is 0 Å². The van der Waals surface area contributed by atoms with Crippen LogP contribution in [0, 0.1) is 0 Å². The van der Waals surface area contributed by atoms with Gasteiger partial charge in [0.05, 0.1) is 5.04 Å². The van der Waals surface area contributed by atoms with Crippen molar-refractivity contribution in [3.63, 3.8) is 0 Å². The van der Waals surface area contributed by atoms with Crippen LogP contribution in [-0.4, -0.2) is 22.1 Å². The molecule has 0 aromatic heterocycles. The first kappa shape index (κ1) is 13.4. The Bertz CT molecular complexity index is 460. The molecule has 0 radical (unpaired) electrons. The molecule has 1 aliphatic heterocycles. The third-order valence-corrected chi connectivity index (χ3v) is 3.91. The number of aliphatic imine (C=N–C) groups is 1. The Balaban J connectivity index is 2.32. The van der Waals surface area contributed by atoms with E-state index in [0.29, 0.717) is 0 Å². The lowest BCUT2D eigenvalue weighted by Gasteiger charge is -2.34. The summed E-state index contributed by atoms with van der Waals surface area (Å²) in [4.78, 5) is 3.37. The lowest BCUT2D eigenvalue weighted by atomic mass is 10.0. The summed E-state index contributed by atoms with van der Waals surface area (Å²) in [5.74, 6) is 0. The number of rotatable bonds is 1. The second-order valence-corrected chi connectivity index (χ2v) is 5.56. The molecule has 0 saturated heterocycles. The van der Waals surface area contributed by atoms with Crippen LogP contribution in [-0.2, 0) is 0 Å². The van der Waals surface area contributed by atoms with Gasteiger partial charge in [-0.05, 0) is 12.5 Å². The SMILES string of the molecule is CC1=N[C@](O)(C(F)(F)F)C[C@@H](c2ccccc2)S1. The minimum absolute atomic E-state index is 0.245. The van der Waals surface area contributed by atoms with Crippen LogP contribution >= 0.6 is 11.8 Å². The van der Waals surface area contributed by atoms with E-state index in [-0.39, 0.29) is 5.04 Å². The molecule has 2 atom stereocenters. The van der Waals surface area contributed by atoms with Gasteiger partial charge in [-0.25, -0.2) is 4.99 Å². The maximum absolute atomic E-state index is 12.8. The normalized spacial score (nSPS) is 28.9. The summed E-state index contributed by atoms with van der Waals surface area (Å²) in [6.45, 7) is 1.48. The van der Waals surface area contributed by atoms with E-state index < -0.39 is 23.6 Å². The second kappa shape index (κ2) is 4.59. The van der Waals surface area contributed by atoms with Crippen LogP contribution in [0.25, 0.3) is 0 Å². The number of alkyl halides is 3. The highest BCUT2D eigenvalue weighted by molar-refractivity contribution is 8.14. The minimum atomic E-state index is -4.75. The van der Waals surface area contributed by atoms with Crippen LogP contribution in [0.15, 0.2) is 35.3 Å². The molecule has 0 fully saturated rings. The number of halogens is 3. The fraction of sp³-hybridized carbons (Fsp3) is 0.417. The molecule has 1 aromatic carbocycles. The molecule has 1 N–H and O–H groups in total. The van der Waals surface area contributed by atoms with E-state index >= 15 is 0 Å². The monoisotopic (exact) mass is 275 g/mol. The summed E-state index contributed by atoms with van der Waals surface area (Å²) in [7, 11) is 0. The molecular formula is C12H12F3NOS. The highest BCUT2D eigenvalue weighted by Gasteiger charge is 2.56. The molecule has 0 bridgehead atoms. The zero-order chi connectivity index (χ0) is 13.4. The van der Waals surface area contributed by atoms with Gasteiger partial charge in [0.15, 0.2) is 0 Å². The van der Waals surface area contributed by atoms with Crippen molar-refractivity contribution < 1.29 is 18.3 Å². The fourth-order valence-corrected chi connectivity index (χ4v) is 3.10. The Morgan fingerprint density at radius 3 is 2.50 bits per heavy atom. The van der Waals surface area contributed by atoms with Gasteiger partial charge in [-0.15, -0.1) is 11.8 Å². The van der Waals surface area contributed by atoms with E-state index in [1.54, 1.807) is 30.3 Å². The van der Waals surface area contributed by atoms with Gasteiger partial charge in [-0.1, -0.05) is 30.3 Å². The van der Waals surface area contributed by atoms with Crippen LogP contribution in [0.3, 0.4) is 0 Å². The molecule has 2 nitrogen and oxygen atoms in total. The number of aliphatic hydroxyl groups is 1. The van der Waals surface area contributed by atoms with Crippen molar-refractivity contribution in [3.8, 4) is 0 Å². The topological polar surface area (TPSA) is 32.6 Å². The minimum Gasteiger partial charge on any atom is -0.362 e. The number of hydrogen-bond donors (Lipinski definition) is 1. The predicted molar refractivity (Wildman–Crippen MR) is 65.5 cm³/mol. The van der Waals surface area contributed by atoms with Gasteiger partial charge < -0.3 is 5.11 Å². The third-order valence-electron chi connectivity index (χ3n) is 2.75. The van der Waals surface area contributed by atoms with E-state index in [1.807, 2.05) is 0 Å². The maximum Gasteiger partial charge on any atom is 0.438 e. The van der Waals surface area contributed by atoms with Crippen molar-refractivity contribution in [3.05, 3.63) is 35.9 Å². The summed E-state index contributed by atoms with van der Waals surface area (Å²) in [5, 5.41) is 9.49. The second-order valence-electron chi connectivity index (χ2n) is 4.17. The van der Waals surface area contributed by atoms with Gasteiger partial charge in [-0.2, -0.15) is 13.2 Å². The highest BCUT2D eigenvalue weighted by Crippen LogP contribution is 2.47. The number of thioether (sulfide) groups is 1. The Morgan fingerprint density at radius 1 is 1.33 bits per heavy atom. The lowest BCUT2D eigenvalue weighted by molar-refractivity contribution is -0.259. The molecule has 2 rings (SSSR count). The molecule has 0 aliphatic carbocycles. The first-order valence-corrected chi connectivity index (χ1v) is 6.27. The van der Waals surface area contributed by atoms with E-state index in [2.05, 4.69) is 4.99 Å². The smallest absolute Gasteiger partial charge is 0.362 e. The fourth-order valence-electron chi connectivity index (χ4n) is 1.87. The van der Waals surface area contributed by atoms with Crippen molar-refractivity contribution >= 4 is 16.8 Å². The van der Waals surface area contributed by atoms with Crippen LogP contribution in [0.4, 0.5) is 13.2 Å². The quantitative estimate of drug-likeness (QED) is 0.850. The average molecular weight is 275 g/mol. The van der Waals surface area contributed by atoms with Crippen LogP contribution < -0.4 is 0 Å². The zero-order valence-corrected chi connectivity index (χ0v) is 10.4. The molecular weight excluding hydrogens is 263 g/mol. The molecule has 1 aliphatic rings. The lowest BCUT2D eigenvalue weighted by Crippen LogP contribution is -2.46. The van der Waals surface area contributed by atoms with E-state index in [0.717, 1.165) is 5.56 Å². The number of hydrogen-bond acceptors (Lipinski definition) is 3. The van der Waals surface area contributed by atoms with Gasteiger partial charge in [0, 0.05) is 11.7 Å². The van der Waals surface area contributed by atoms with Crippen LogP contribution in [0.5, 0.6) is 0 Å². The van der Waals surface area contributed by atoms with Crippen LogP contribution in [0.2, 0.25) is 0 Å². The first-order chi connectivity index (χ1) is 8.32. The van der Waals surface area contributed by atoms with Crippen molar-refractivity contribution in [2.24, 2.45) is 4.99 Å². The van der Waals surface area contributed by atoms with Crippen molar-refractivity contribution in [1.82, 2.24) is 0 Å². The molecule has 18 heavy (non-hydrogen) atoms. The first-order valence-electron chi connectivity index (χ1n) is 5.39. The predicted octanol–water partition coefficient (Wildman–Crippen LogP) is 3.53. The maximum atomic E-state index is 12.8. The zero-order valence-electron chi connectivity index (χ0n) is 9.61. The van der Waals surface area contributed by atoms with Crippen LogP contribution in [0.1, 0.15) is 24.2 Å². The van der Waals surface area contributed by atoms with Gasteiger partial charge in [-0.3, -0.25) is 0 Å². The number of benzene rings is 1. The highest BCUT2D eigenvalue weighted by atomic mass is 32.2. The molecule has 1 aromatic rings.